The molecule has 3 atom stereocenters. The maximum atomic E-state index is 12.0. The van der Waals surface area contributed by atoms with Gasteiger partial charge in [-0.1, -0.05) is 18.6 Å². The third kappa shape index (κ3) is 3.32. The van der Waals surface area contributed by atoms with E-state index in [2.05, 4.69) is 15.3 Å². The molecular formula is C20H23N3O. The van der Waals surface area contributed by atoms with Crippen LogP contribution >= 0.6 is 0 Å². The highest BCUT2D eigenvalue weighted by Crippen LogP contribution is 2.49. The van der Waals surface area contributed by atoms with Crippen molar-refractivity contribution in [1.29, 1.82) is 0 Å². The molecule has 1 aromatic heterocycles. The van der Waals surface area contributed by atoms with Crippen LogP contribution in [-0.2, 0) is 4.79 Å². The average Bonchev–Trinajstić information content (AvgIpc) is 3.23. The van der Waals surface area contributed by atoms with E-state index >= 15 is 0 Å². The monoisotopic (exact) mass is 321 g/mol. The summed E-state index contributed by atoms with van der Waals surface area (Å²) < 4.78 is 0. The number of hydrogen-bond donors (Lipinski definition) is 1. The van der Waals surface area contributed by atoms with Crippen molar-refractivity contribution in [3.8, 4) is 0 Å². The lowest BCUT2D eigenvalue weighted by Gasteiger charge is -2.21. The Labute approximate surface area is 142 Å². The van der Waals surface area contributed by atoms with Gasteiger partial charge in [-0.3, -0.25) is 9.78 Å². The standard InChI is InChI=1S/C20H23N3O/c24-20(21-10-9-16-12-14-5-6-15(16)11-14)8-7-17-13-22-18-3-1-2-4-19(18)23-17/h1-4,7-8,13-16H,5-6,9-12H2,(H,21,24)/b8-7+. The summed E-state index contributed by atoms with van der Waals surface area (Å²) in [4.78, 5) is 20.8. The second-order valence-electron chi connectivity index (χ2n) is 7.13. The van der Waals surface area contributed by atoms with Gasteiger partial charge < -0.3 is 5.32 Å². The Balaban J connectivity index is 1.27. The molecule has 3 unspecified atom stereocenters. The molecule has 4 heteroatoms. The van der Waals surface area contributed by atoms with E-state index in [1.807, 2.05) is 24.3 Å². The number of rotatable bonds is 5. The summed E-state index contributed by atoms with van der Waals surface area (Å²) in [7, 11) is 0. The van der Waals surface area contributed by atoms with Gasteiger partial charge in [0, 0.05) is 12.6 Å². The van der Waals surface area contributed by atoms with E-state index in [1.54, 1.807) is 18.3 Å². The molecule has 4 nitrogen and oxygen atoms in total. The molecule has 0 radical (unpaired) electrons. The first-order valence-corrected chi connectivity index (χ1v) is 8.95. The van der Waals surface area contributed by atoms with Gasteiger partial charge in [-0.05, 0) is 61.6 Å². The van der Waals surface area contributed by atoms with Crippen LogP contribution in [0.1, 0.15) is 37.8 Å². The molecule has 1 N–H and O–H groups in total. The molecule has 1 amide bonds. The highest BCUT2D eigenvalue weighted by Gasteiger charge is 2.38. The number of amides is 1. The van der Waals surface area contributed by atoms with Crippen molar-refractivity contribution in [3.63, 3.8) is 0 Å². The number of nitrogens with one attached hydrogen (secondary N) is 1. The number of benzene rings is 1. The molecule has 2 aromatic rings. The van der Waals surface area contributed by atoms with Gasteiger partial charge >= 0.3 is 0 Å². The molecule has 4 rings (SSSR count). The maximum absolute atomic E-state index is 12.0. The zero-order valence-electron chi connectivity index (χ0n) is 13.8. The molecule has 1 aromatic carbocycles. The lowest BCUT2D eigenvalue weighted by Crippen LogP contribution is -2.25. The van der Waals surface area contributed by atoms with Gasteiger partial charge in [-0.2, -0.15) is 0 Å². The van der Waals surface area contributed by atoms with E-state index in [0.717, 1.165) is 41.8 Å². The van der Waals surface area contributed by atoms with Crippen molar-refractivity contribution in [2.24, 2.45) is 17.8 Å². The molecule has 2 bridgehead atoms. The minimum absolute atomic E-state index is 0.0480. The zero-order valence-corrected chi connectivity index (χ0v) is 13.8. The van der Waals surface area contributed by atoms with E-state index in [0.29, 0.717) is 5.69 Å². The minimum Gasteiger partial charge on any atom is -0.353 e. The van der Waals surface area contributed by atoms with Crippen LogP contribution < -0.4 is 5.32 Å². The third-order valence-corrected chi connectivity index (χ3v) is 5.57. The summed E-state index contributed by atoms with van der Waals surface area (Å²) in [5.74, 6) is 2.69. The smallest absolute Gasteiger partial charge is 0.244 e. The molecule has 24 heavy (non-hydrogen) atoms. The van der Waals surface area contributed by atoms with Gasteiger partial charge in [-0.25, -0.2) is 4.98 Å². The number of carbonyl (C=O) groups is 1. The quantitative estimate of drug-likeness (QED) is 0.856. The predicted molar refractivity (Wildman–Crippen MR) is 95.1 cm³/mol. The molecular weight excluding hydrogens is 298 g/mol. The molecule has 2 fully saturated rings. The summed E-state index contributed by atoms with van der Waals surface area (Å²) in [6.45, 7) is 0.778. The van der Waals surface area contributed by atoms with Crippen LogP contribution in [0.15, 0.2) is 36.5 Å². The average molecular weight is 321 g/mol. The zero-order chi connectivity index (χ0) is 16.4. The molecule has 2 aliphatic rings. The lowest BCUT2D eigenvalue weighted by atomic mass is 9.86. The minimum atomic E-state index is -0.0480. The van der Waals surface area contributed by atoms with Crippen LogP contribution in [0.5, 0.6) is 0 Å². The second kappa shape index (κ2) is 6.71. The van der Waals surface area contributed by atoms with E-state index in [4.69, 9.17) is 0 Å². The van der Waals surface area contributed by atoms with Gasteiger partial charge in [0.15, 0.2) is 0 Å². The summed E-state index contributed by atoms with van der Waals surface area (Å²) in [6, 6.07) is 7.73. The molecule has 2 saturated carbocycles. The van der Waals surface area contributed by atoms with Crippen LogP contribution in [0.2, 0.25) is 0 Å². The fourth-order valence-corrected chi connectivity index (χ4v) is 4.38. The van der Waals surface area contributed by atoms with E-state index in [1.165, 1.54) is 25.7 Å². The van der Waals surface area contributed by atoms with Crippen LogP contribution in [0, 0.1) is 17.8 Å². The Morgan fingerprint density at radius 2 is 2.08 bits per heavy atom. The van der Waals surface area contributed by atoms with Gasteiger partial charge in [0.25, 0.3) is 0 Å². The van der Waals surface area contributed by atoms with Crippen LogP contribution in [0.4, 0.5) is 0 Å². The number of nitrogens with zero attached hydrogens (tertiary/aromatic N) is 2. The Hall–Kier alpha value is -2.23. The SMILES string of the molecule is O=C(/C=C/c1cnc2ccccc2n1)NCCC1CC2CCC1C2. The Morgan fingerprint density at radius 1 is 1.21 bits per heavy atom. The van der Waals surface area contributed by atoms with Crippen LogP contribution in [-0.4, -0.2) is 22.4 Å². The largest absolute Gasteiger partial charge is 0.353 e. The van der Waals surface area contributed by atoms with Crippen molar-refractivity contribution in [2.75, 3.05) is 6.54 Å². The van der Waals surface area contributed by atoms with E-state index in [9.17, 15) is 4.79 Å². The normalized spacial score (nSPS) is 25.6. The van der Waals surface area contributed by atoms with E-state index in [-0.39, 0.29) is 5.91 Å². The van der Waals surface area contributed by atoms with Crippen molar-refractivity contribution in [3.05, 3.63) is 42.2 Å². The number of fused-ring (bicyclic) bond motifs is 3. The van der Waals surface area contributed by atoms with E-state index < -0.39 is 0 Å². The number of carbonyl (C=O) groups excluding carboxylic acids is 1. The molecule has 2 aliphatic carbocycles. The topological polar surface area (TPSA) is 54.9 Å². The summed E-state index contributed by atoms with van der Waals surface area (Å²) in [5.41, 5.74) is 2.42. The summed E-state index contributed by atoms with van der Waals surface area (Å²) in [5, 5.41) is 3.00. The Kier molecular flexibility index (Phi) is 4.28. The van der Waals surface area contributed by atoms with Crippen molar-refractivity contribution >= 4 is 23.0 Å². The maximum Gasteiger partial charge on any atom is 0.244 e. The van der Waals surface area contributed by atoms with Crippen LogP contribution in [0.3, 0.4) is 0 Å². The van der Waals surface area contributed by atoms with Crippen molar-refractivity contribution < 1.29 is 4.79 Å². The third-order valence-electron chi connectivity index (χ3n) is 5.57. The van der Waals surface area contributed by atoms with Crippen molar-refractivity contribution in [2.45, 2.75) is 32.1 Å². The van der Waals surface area contributed by atoms with Gasteiger partial charge in [0.1, 0.15) is 0 Å². The summed E-state index contributed by atoms with van der Waals surface area (Å²) in [6.07, 6.45) is 11.7. The first-order valence-electron chi connectivity index (χ1n) is 8.95. The highest BCUT2D eigenvalue weighted by atomic mass is 16.1. The fourth-order valence-electron chi connectivity index (χ4n) is 4.38. The predicted octanol–water partition coefficient (Wildman–Crippen LogP) is 3.59. The first-order chi connectivity index (χ1) is 11.8. The van der Waals surface area contributed by atoms with Crippen molar-refractivity contribution in [1.82, 2.24) is 15.3 Å². The lowest BCUT2D eigenvalue weighted by molar-refractivity contribution is -0.116. The van der Waals surface area contributed by atoms with Gasteiger partial charge in [-0.15, -0.1) is 0 Å². The van der Waals surface area contributed by atoms with Gasteiger partial charge in [0.05, 0.1) is 22.9 Å². The molecule has 0 spiro atoms. The molecule has 0 saturated heterocycles. The first kappa shape index (κ1) is 15.3. The summed E-state index contributed by atoms with van der Waals surface area (Å²) >= 11 is 0. The van der Waals surface area contributed by atoms with Gasteiger partial charge in [0.2, 0.25) is 5.91 Å². The highest BCUT2D eigenvalue weighted by molar-refractivity contribution is 5.91. The molecule has 1 heterocycles. The second-order valence-corrected chi connectivity index (χ2v) is 7.13. The van der Waals surface area contributed by atoms with Crippen LogP contribution in [0.25, 0.3) is 17.1 Å². The molecule has 124 valence electrons. The Bertz CT molecular complexity index is 770. The number of para-hydroxylation sites is 2. The number of aromatic nitrogens is 2. The number of hydrogen-bond acceptors (Lipinski definition) is 3. The molecule has 0 aliphatic heterocycles. The Morgan fingerprint density at radius 3 is 2.88 bits per heavy atom. The fraction of sp³-hybridized carbons (Fsp3) is 0.450.